The molecule has 3 fully saturated rings. The standard InChI is InChI=1S/C21H32ClN5O3/c1-23-18(22)14-5-10-27(19(14)24-2)20-17(29)16(28)15(30-20)13-26-9-4-6-21(26)7-11-25(3)12-8-21/h5,10,15-17,20,28-29H,2,4,6-9,11-13H2,1,3H3/t15-,16-,17-,20-/m1/s1. The summed E-state index contributed by atoms with van der Waals surface area (Å²) in [6.45, 7) is 7.43. The summed E-state index contributed by atoms with van der Waals surface area (Å²) in [5.74, 6) is 0.468. The van der Waals surface area contributed by atoms with E-state index >= 15 is 0 Å². The fourth-order valence-corrected chi connectivity index (χ4v) is 5.45. The van der Waals surface area contributed by atoms with Crippen molar-refractivity contribution in [2.75, 3.05) is 40.3 Å². The van der Waals surface area contributed by atoms with E-state index in [1.807, 2.05) is 0 Å². The average molecular weight is 438 g/mol. The lowest BCUT2D eigenvalue weighted by molar-refractivity contribution is -0.0576. The molecule has 9 heteroatoms. The number of piperidine rings is 1. The molecule has 3 aliphatic heterocycles. The van der Waals surface area contributed by atoms with Crippen molar-refractivity contribution in [1.82, 2.24) is 14.4 Å². The Balaban J connectivity index is 1.52. The maximum atomic E-state index is 10.8. The summed E-state index contributed by atoms with van der Waals surface area (Å²) in [6.07, 6.45) is 3.10. The number of aliphatic hydroxyl groups excluding tert-OH is 2. The zero-order valence-electron chi connectivity index (χ0n) is 17.7. The van der Waals surface area contributed by atoms with Crippen molar-refractivity contribution in [2.45, 2.75) is 55.8 Å². The molecule has 0 amide bonds. The van der Waals surface area contributed by atoms with Crippen LogP contribution in [0.4, 0.5) is 5.82 Å². The highest BCUT2D eigenvalue weighted by atomic mass is 35.5. The molecule has 1 aromatic rings. The van der Waals surface area contributed by atoms with Gasteiger partial charge in [0.15, 0.2) is 6.23 Å². The van der Waals surface area contributed by atoms with Gasteiger partial charge in [0.1, 0.15) is 29.3 Å². The van der Waals surface area contributed by atoms with Crippen LogP contribution >= 0.6 is 11.6 Å². The molecule has 166 valence electrons. The first kappa shape index (κ1) is 21.9. The summed E-state index contributed by atoms with van der Waals surface area (Å²) >= 11 is 6.18. The predicted octanol–water partition coefficient (Wildman–Crippen LogP) is 1.61. The normalized spacial score (nSPS) is 32.9. The van der Waals surface area contributed by atoms with Gasteiger partial charge in [-0.05, 0) is 65.1 Å². The molecular weight excluding hydrogens is 406 g/mol. The van der Waals surface area contributed by atoms with Crippen molar-refractivity contribution >= 4 is 29.3 Å². The molecule has 30 heavy (non-hydrogen) atoms. The molecule has 3 saturated heterocycles. The van der Waals surface area contributed by atoms with E-state index in [0.29, 0.717) is 23.1 Å². The summed E-state index contributed by atoms with van der Waals surface area (Å²) in [5, 5.41) is 21.9. The minimum atomic E-state index is -1.07. The van der Waals surface area contributed by atoms with E-state index in [0.717, 1.165) is 32.5 Å². The monoisotopic (exact) mass is 437 g/mol. The summed E-state index contributed by atoms with van der Waals surface area (Å²) in [4.78, 5) is 12.9. The zero-order valence-corrected chi connectivity index (χ0v) is 18.5. The number of hydrogen-bond donors (Lipinski definition) is 2. The fourth-order valence-electron chi connectivity index (χ4n) is 5.30. The van der Waals surface area contributed by atoms with Gasteiger partial charge in [-0.15, -0.1) is 0 Å². The number of aliphatic imine (C=N–C) groups is 2. The number of halogens is 1. The van der Waals surface area contributed by atoms with Crippen molar-refractivity contribution in [1.29, 1.82) is 0 Å². The van der Waals surface area contributed by atoms with Crippen LogP contribution < -0.4 is 0 Å². The summed E-state index contributed by atoms with van der Waals surface area (Å²) in [7, 11) is 3.77. The minimum Gasteiger partial charge on any atom is -0.387 e. The van der Waals surface area contributed by atoms with Crippen LogP contribution in [0.15, 0.2) is 22.2 Å². The second kappa shape index (κ2) is 8.68. The maximum Gasteiger partial charge on any atom is 0.164 e. The molecule has 1 aromatic heterocycles. The summed E-state index contributed by atoms with van der Waals surface area (Å²) < 4.78 is 7.88. The van der Waals surface area contributed by atoms with Crippen molar-refractivity contribution in [3.8, 4) is 0 Å². The van der Waals surface area contributed by atoms with Gasteiger partial charge in [0.05, 0.1) is 5.56 Å². The number of ether oxygens (including phenoxy) is 1. The molecule has 4 heterocycles. The first-order valence-corrected chi connectivity index (χ1v) is 11.0. The molecule has 0 unspecified atom stereocenters. The highest BCUT2D eigenvalue weighted by molar-refractivity contribution is 6.70. The van der Waals surface area contributed by atoms with Crippen LogP contribution in [-0.2, 0) is 4.74 Å². The zero-order chi connectivity index (χ0) is 21.5. The molecule has 0 bridgehead atoms. The Hall–Kier alpha value is -1.29. The van der Waals surface area contributed by atoms with Crippen LogP contribution in [0.2, 0.25) is 0 Å². The molecule has 3 aliphatic rings. The molecule has 4 rings (SSSR count). The first-order valence-electron chi connectivity index (χ1n) is 10.7. The quantitative estimate of drug-likeness (QED) is 0.683. The van der Waals surface area contributed by atoms with Crippen LogP contribution in [0.25, 0.3) is 0 Å². The first-order chi connectivity index (χ1) is 14.4. The van der Waals surface area contributed by atoms with Crippen LogP contribution in [-0.4, -0.2) is 101 Å². The molecule has 0 aliphatic carbocycles. The number of hydrogen-bond acceptors (Lipinski definition) is 7. The van der Waals surface area contributed by atoms with Gasteiger partial charge in [-0.3, -0.25) is 9.89 Å². The lowest BCUT2D eigenvalue weighted by atomic mass is 9.85. The Bertz CT molecular complexity index is 805. The Morgan fingerprint density at radius 2 is 2.00 bits per heavy atom. The van der Waals surface area contributed by atoms with Gasteiger partial charge in [0.2, 0.25) is 0 Å². The van der Waals surface area contributed by atoms with E-state index in [9.17, 15) is 10.2 Å². The van der Waals surface area contributed by atoms with E-state index in [1.165, 1.54) is 12.8 Å². The third-order valence-electron chi connectivity index (χ3n) is 7.13. The minimum absolute atomic E-state index is 0.193. The predicted molar refractivity (Wildman–Crippen MR) is 118 cm³/mol. The number of nitrogens with zero attached hydrogens (tertiary/aromatic N) is 5. The molecule has 0 saturated carbocycles. The van der Waals surface area contributed by atoms with Crippen LogP contribution in [0, 0.1) is 0 Å². The second-order valence-electron chi connectivity index (χ2n) is 8.76. The van der Waals surface area contributed by atoms with Gasteiger partial charge in [-0.1, -0.05) is 11.6 Å². The Morgan fingerprint density at radius 3 is 2.67 bits per heavy atom. The number of aromatic nitrogens is 1. The molecule has 0 aromatic carbocycles. The highest BCUT2D eigenvalue weighted by Gasteiger charge is 2.49. The van der Waals surface area contributed by atoms with E-state index < -0.39 is 24.5 Å². The molecule has 0 radical (unpaired) electrons. The average Bonchev–Trinajstić information content (AvgIpc) is 3.42. The third kappa shape index (κ3) is 3.74. The van der Waals surface area contributed by atoms with Gasteiger partial charge < -0.3 is 24.4 Å². The molecule has 2 N–H and O–H groups in total. The van der Waals surface area contributed by atoms with Crippen molar-refractivity contribution in [3.63, 3.8) is 0 Å². The lowest BCUT2D eigenvalue weighted by Crippen LogP contribution is -2.54. The highest BCUT2D eigenvalue weighted by Crippen LogP contribution is 2.41. The lowest BCUT2D eigenvalue weighted by Gasteiger charge is -2.45. The van der Waals surface area contributed by atoms with Gasteiger partial charge in [0.25, 0.3) is 0 Å². The van der Waals surface area contributed by atoms with Crippen molar-refractivity contribution in [2.24, 2.45) is 9.98 Å². The van der Waals surface area contributed by atoms with Gasteiger partial charge >= 0.3 is 0 Å². The van der Waals surface area contributed by atoms with E-state index in [-0.39, 0.29) is 5.54 Å². The third-order valence-corrected chi connectivity index (χ3v) is 7.50. The Kier molecular flexibility index (Phi) is 6.35. The van der Waals surface area contributed by atoms with E-state index in [1.54, 1.807) is 23.9 Å². The van der Waals surface area contributed by atoms with Gasteiger partial charge in [0, 0.05) is 25.3 Å². The summed E-state index contributed by atoms with van der Waals surface area (Å²) in [5.41, 5.74) is 0.811. The van der Waals surface area contributed by atoms with Crippen LogP contribution in [0.3, 0.4) is 0 Å². The largest absolute Gasteiger partial charge is 0.387 e. The number of aliphatic hydroxyl groups is 2. The van der Waals surface area contributed by atoms with E-state index in [2.05, 4.69) is 33.5 Å². The molecular formula is C21H32ClN5O3. The molecule has 8 nitrogen and oxygen atoms in total. The van der Waals surface area contributed by atoms with Crippen LogP contribution in [0.5, 0.6) is 0 Å². The SMILES string of the molecule is C=Nc1c(C(Cl)=NC)ccn1[C@@H]1O[C@H](CN2CCCC23CCN(C)CC3)[C@@H](O)[C@H]1O. The fraction of sp³-hybridized carbons (Fsp3) is 0.714. The van der Waals surface area contributed by atoms with Crippen molar-refractivity contribution in [3.05, 3.63) is 17.8 Å². The van der Waals surface area contributed by atoms with E-state index in [4.69, 9.17) is 16.3 Å². The van der Waals surface area contributed by atoms with Gasteiger partial charge in [-0.25, -0.2) is 4.99 Å². The summed E-state index contributed by atoms with van der Waals surface area (Å²) in [6, 6.07) is 1.77. The Morgan fingerprint density at radius 1 is 1.27 bits per heavy atom. The smallest absolute Gasteiger partial charge is 0.164 e. The van der Waals surface area contributed by atoms with Crippen LogP contribution in [0.1, 0.15) is 37.5 Å². The molecule has 4 atom stereocenters. The number of rotatable bonds is 5. The van der Waals surface area contributed by atoms with Gasteiger partial charge in [-0.2, -0.15) is 0 Å². The Labute approximate surface area is 182 Å². The second-order valence-corrected chi connectivity index (χ2v) is 9.11. The number of likely N-dealkylation sites (tertiary alicyclic amines) is 2. The van der Waals surface area contributed by atoms with Crippen molar-refractivity contribution < 1.29 is 14.9 Å². The maximum absolute atomic E-state index is 10.8. The molecule has 1 spiro atoms. The topological polar surface area (TPSA) is 85.8 Å².